The minimum atomic E-state index is -9.74. The summed E-state index contributed by atoms with van der Waals surface area (Å²) >= 11 is 0. The molecule has 29 heteroatoms. The fourth-order valence-electron chi connectivity index (χ4n) is 2.99. The van der Waals surface area contributed by atoms with E-state index < -0.39 is 102 Å². The molecule has 0 aromatic rings. The topological polar surface area (TPSA) is 52.6 Å². The van der Waals surface area contributed by atoms with Crippen LogP contribution in [0.15, 0.2) is 0 Å². The van der Waals surface area contributed by atoms with Gasteiger partial charge in [0.25, 0.3) is 0 Å². The highest BCUT2D eigenvalue weighted by atomic mass is 19.4. The first-order valence-corrected chi connectivity index (χ1v) is 11.1. The second kappa shape index (κ2) is 12.2. The standard InChI is InChI=1S/C19H11F25O4/c1-3-47-6(45)5(7(46)48-4-2)8(20,21)9(22,23)10(24,25)11(26,27)12(28,29)13(30,31)14(32,33)15(34,35)16(36,37)17(38,39)18(40,41)19(42,43)44/h5H,3-4H2,1-2H3. The Labute approximate surface area is 246 Å². The molecule has 0 aliphatic rings. The predicted molar refractivity (Wildman–Crippen MR) is 97.2 cm³/mol. The third-order valence-electron chi connectivity index (χ3n) is 5.73. The van der Waals surface area contributed by atoms with Crippen LogP contribution in [0.4, 0.5) is 110 Å². The van der Waals surface area contributed by atoms with Crippen LogP contribution in [0.2, 0.25) is 0 Å². The van der Waals surface area contributed by atoms with Crippen LogP contribution in [0.25, 0.3) is 0 Å². The Morgan fingerprint density at radius 1 is 0.375 bits per heavy atom. The van der Waals surface area contributed by atoms with Gasteiger partial charge in [0.1, 0.15) is 0 Å². The van der Waals surface area contributed by atoms with Crippen LogP contribution >= 0.6 is 0 Å². The monoisotopic (exact) mass is 778 g/mol. The number of carbonyl (C=O) groups excluding carboxylic acids is 2. The lowest BCUT2D eigenvalue weighted by Gasteiger charge is -2.45. The molecule has 0 N–H and O–H groups in total. The maximum absolute atomic E-state index is 14.4. The molecule has 0 radical (unpaired) electrons. The van der Waals surface area contributed by atoms with E-state index in [2.05, 4.69) is 9.47 Å². The smallest absolute Gasteiger partial charge is 0.460 e. The molecule has 48 heavy (non-hydrogen) atoms. The maximum Gasteiger partial charge on any atom is 0.460 e. The highest BCUT2D eigenvalue weighted by Gasteiger charge is 3.00. The van der Waals surface area contributed by atoms with Gasteiger partial charge in [0.15, 0.2) is 0 Å². The van der Waals surface area contributed by atoms with E-state index in [1.165, 1.54) is 0 Å². The number of hydrogen-bond acceptors (Lipinski definition) is 4. The molecule has 0 saturated heterocycles. The van der Waals surface area contributed by atoms with Crippen molar-refractivity contribution >= 4 is 11.9 Å². The van der Waals surface area contributed by atoms with E-state index in [1.807, 2.05) is 0 Å². The molecule has 0 aliphatic heterocycles. The van der Waals surface area contributed by atoms with Crippen LogP contribution in [0.1, 0.15) is 13.8 Å². The summed E-state index contributed by atoms with van der Waals surface area (Å²) in [6, 6.07) is 0. The molecule has 0 fully saturated rings. The Morgan fingerprint density at radius 3 is 0.750 bits per heavy atom. The summed E-state index contributed by atoms with van der Waals surface area (Å²) in [5, 5.41) is 0. The minimum Gasteiger partial charge on any atom is -0.465 e. The molecule has 0 aliphatic carbocycles. The fourth-order valence-corrected chi connectivity index (χ4v) is 2.99. The summed E-state index contributed by atoms with van der Waals surface area (Å²) in [6.07, 6.45) is -8.23. The highest BCUT2D eigenvalue weighted by molar-refractivity contribution is 5.96. The van der Waals surface area contributed by atoms with E-state index in [-0.39, 0.29) is 0 Å². The molecule has 4 nitrogen and oxygen atoms in total. The van der Waals surface area contributed by atoms with Crippen molar-refractivity contribution in [2.45, 2.75) is 85.2 Å². The van der Waals surface area contributed by atoms with E-state index in [0.29, 0.717) is 13.8 Å². The zero-order valence-corrected chi connectivity index (χ0v) is 22.1. The molecule has 0 saturated carbocycles. The molecular weight excluding hydrogens is 767 g/mol. The van der Waals surface area contributed by atoms with Crippen molar-refractivity contribution in [3.8, 4) is 0 Å². The first-order chi connectivity index (χ1) is 20.6. The van der Waals surface area contributed by atoms with Crippen molar-refractivity contribution < 1.29 is 129 Å². The minimum absolute atomic E-state index is 0.571. The van der Waals surface area contributed by atoms with Crippen LogP contribution in [0, 0.1) is 5.92 Å². The predicted octanol–water partition coefficient (Wildman–Crippen LogP) is 8.28. The normalized spacial score (nSPS) is 15.9. The van der Waals surface area contributed by atoms with Crippen molar-refractivity contribution in [2.75, 3.05) is 13.2 Å². The van der Waals surface area contributed by atoms with Gasteiger partial charge in [-0.05, 0) is 13.8 Å². The number of carbonyl (C=O) groups is 2. The van der Waals surface area contributed by atoms with E-state index in [1.54, 1.807) is 0 Å². The largest absolute Gasteiger partial charge is 0.465 e. The highest BCUT2D eigenvalue weighted by Crippen LogP contribution is 2.68. The molecule has 0 bridgehead atoms. The lowest BCUT2D eigenvalue weighted by Crippen LogP contribution is -2.78. The second-order valence-corrected chi connectivity index (χ2v) is 8.80. The lowest BCUT2D eigenvalue weighted by atomic mass is 9.83. The van der Waals surface area contributed by atoms with E-state index in [9.17, 15) is 119 Å². The first-order valence-electron chi connectivity index (χ1n) is 11.1. The van der Waals surface area contributed by atoms with Gasteiger partial charge in [0, 0.05) is 0 Å². The number of hydrogen-bond donors (Lipinski definition) is 0. The average molecular weight is 778 g/mol. The third-order valence-corrected chi connectivity index (χ3v) is 5.73. The van der Waals surface area contributed by atoms with Crippen molar-refractivity contribution in [3.05, 3.63) is 0 Å². The molecule has 0 rings (SSSR count). The molecule has 0 aromatic carbocycles. The molecule has 286 valence electrons. The van der Waals surface area contributed by atoms with Gasteiger partial charge in [0.05, 0.1) is 13.2 Å². The van der Waals surface area contributed by atoms with Crippen LogP contribution in [-0.2, 0) is 19.1 Å². The molecule has 0 unspecified atom stereocenters. The lowest BCUT2D eigenvalue weighted by molar-refractivity contribution is -0.482. The average Bonchev–Trinajstić information content (AvgIpc) is 2.86. The summed E-state index contributed by atoms with van der Waals surface area (Å²) in [7, 11) is 0. The van der Waals surface area contributed by atoms with Crippen LogP contribution < -0.4 is 0 Å². The van der Waals surface area contributed by atoms with E-state index in [4.69, 9.17) is 0 Å². The number of ether oxygens (including phenoxy) is 2. The van der Waals surface area contributed by atoms with Gasteiger partial charge < -0.3 is 9.47 Å². The Morgan fingerprint density at radius 2 is 0.562 bits per heavy atom. The number of esters is 2. The summed E-state index contributed by atoms with van der Waals surface area (Å²) < 4.78 is 347. The SMILES string of the molecule is CCOC(=O)C(C(=O)OCC)C(F)(F)C(F)(F)C(F)(F)C(F)(F)C(F)(F)C(F)(F)C(F)(F)C(F)(F)C(F)(F)C(F)(F)C(F)(F)C(F)(F)F. The van der Waals surface area contributed by atoms with Gasteiger partial charge in [0.2, 0.25) is 5.92 Å². The van der Waals surface area contributed by atoms with Gasteiger partial charge >= 0.3 is 83.3 Å². The van der Waals surface area contributed by atoms with Crippen LogP contribution in [-0.4, -0.2) is 96.5 Å². The number of halogens is 25. The Bertz CT molecular complexity index is 1170. The molecule has 0 amide bonds. The maximum atomic E-state index is 14.4. The molecule has 0 heterocycles. The Kier molecular flexibility index (Phi) is 11.5. The van der Waals surface area contributed by atoms with Gasteiger partial charge in [-0.1, -0.05) is 0 Å². The third kappa shape index (κ3) is 5.69. The Hall–Kier alpha value is -2.81. The Balaban J connectivity index is 7.57. The number of alkyl halides is 25. The zero-order valence-electron chi connectivity index (χ0n) is 22.1. The summed E-state index contributed by atoms with van der Waals surface area (Å²) in [5.41, 5.74) is 0. The molecule has 0 spiro atoms. The van der Waals surface area contributed by atoms with Crippen LogP contribution in [0.3, 0.4) is 0 Å². The van der Waals surface area contributed by atoms with Crippen molar-refractivity contribution in [2.24, 2.45) is 5.92 Å². The quantitative estimate of drug-likeness (QED) is 0.0955. The van der Waals surface area contributed by atoms with Gasteiger partial charge in [-0.3, -0.25) is 9.59 Å². The molecular formula is C19H11F25O4. The van der Waals surface area contributed by atoms with E-state index in [0.717, 1.165) is 0 Å². The summed E-state index contributed by atoms with van der Waals surface area (Å²) in [5.74, 6) is -112. The van der Waals surface area contributed by atoms with Crippen molar-refractivity contribution in [1.82, 2.24) is 0 Å². The van der Waals surface area contributed by atoms with Gasteiger partial charge in [-0.25, -0.2) is 0 Å². The fraction of sp³-hybridized carbons (Fsp3) is 0.895. The van der Waals surface area contributed by atoms with Gasteiger partial charge in [-0.2, -0.15) is 110 Å². The molecule has 0 aromatic heterocycles. The van der Waals surface area contributed by atoms with E-state index >= 15 is 0 Å². The second-order valence-electron chi connectivity index (χ2n) is 8.80. The van der Waals surface area contributed by atoms with Crippen molar-refractivity contribution in [3.63, 3.8) is 0 Å². The van der Waals surface area contributed by atoms with Gasteiger partial charge in [-0.15, -0.1) is 0 Å². The van der Waals surface area contributed by atoms with Crippen LogP contribution in [0.5, 0.6) is 0 Å². The van der Waals surface area contributed by atoms with Crippen molar-refractivity contribution in [1.29, 1.82) is 0 Å². The first kappa shape index (κ1) is 45.2. The number of rotatable bonds is 15. The summed E-state index contributed by atoms with van der Waals surface area (Å²) in [4.78, 5) is 23.1. The molecule has 0 atom stereocenters. The summed E-state index contributed by atoms with van der Waals surface area (Å²) in [6.45, 7) is -1.45. The zero-order chi connectivity index (χ0) is 39.6.